The van der Waals surface area contributed by atoms with E-state index in [-0.39, 0.29) is 25.6 Å². The van der Waals surface area contributed by atoms with Crippen molar-refractivity contribution < 1.29 is 19.1 Å². The maximum absolute atomic E-state index is 13.4. The molecule has 7 nitrogen and oxygen atoms in total. The van der Waals surface area contributed by atoms with Gasteiger partial charge in [0.2, 0.25) is 11.8 Å². The molecule has 1 aromatic carbocycles. The number of amides is 4. The highest BCUT2D eigenvalue weighted by Gasteiger charge is 2.62. The van der Waals surface area contributed by atoms with Crippen LogP contribution in [-0.2, 0) is 20.7 Å². The van der Waals surface area contributed by atoms with Gasteiger partial charge in [0.25, 0.3) is 0 Å². The van der Waals surface area contributed by atoms with Crippen molar-refractivity contribution in [1.29, 1.82) is 0 Å². The molecule has 1 aromatic rings. The quantitative estimate of drug-likeness (QED) is 0.809. The summed E-state index contributed by atoms with van der Waals surface area (Å²) in [4.78, 5) is 41.8. The molecule has 1 spiro atoms. The SMILES string of the molecule is COCCN1C(=O)NC(=O)C2(Cc3c(Cl)cccc3N3CCCC32)C1=O. The van der Waals surface area contributed by atoms with E-state index in [1.54, 1.807) is 6.07 Å². The van der Waals surface area contributed by atoms with E-state index in [9.17, 15) is 14.4 Å². The highest BCUT2D eigenvalue weighted by molar-refractivity contribution is 6.32. The van der Waals surface area contributed by atoms with E-state index < -0.39 is 23.3 Å². The smallest absolute Gasteiger partial charge is 0.330 e. The monoisotopic (exact) mass is 377 g/mol. The van der Waals surface area contributed by atoms with E-state index >= 15 is 0 Å². The van der Waals surface area contributed by atoms with Crippen LogP contribution in [0.4, 0.5) is 10.5 Å². The van der Waals surface area contributed by atoms with E-state index in [0.717, 1.165) is 35.5 Å². The summed E-state index contributed by atoms with van der Waals surface area (Å²) in [6, 6.07) is 4.66. The topological polar surface area (TPSA) is 79.0 Å². The summed E-state index contributed by atoms with van der Waals surface area (Å²) in [5.74, 6) is -0.977. The van der Waals surface area contributed by atoms with Crippen molar-refractivity contribution >= 4 is 35.1 Å². The lowest BCUT2D eigenvalue weighted by molar-refractivity contribution is -0.153. The maximum atomic E-state index is 13.4. The molecule has 1 N–H and O–H groups in total. The Labute approximate surface area is 156 Å². The van der Waals surface area contributed by atoms with Crippen LogP contribution in [0.5, 0.6) is 0 Å². The third kappa shape index (κ3) is 2.27. The number of nitrogens with one attached hydrogen (secondary N) is 1. The fourth-order valence-corrected chi connectivity index (χ4v) is 4.73. The summed E-state index contributed by atoms with van der Waals surface area (Å²) < 4.78 is 5.02. The molecule has 0 radical (unpaired) electrons. The number of hydrogen-bond acceptors (Lipinski definition) is 5. The first kappa shape index (κ1) is 17.3. The molecule has 2 atom stereocenters. The van der Waals surface area contributed by atoms with Crippen LogP contribution in [0.25, 0.3) is 0 Å². The fraction of sp³-hybridized carbons (Fsp3) is 0.500. The highest BCUT2D eigenvalue weighted by Crippen LogP contribution is 2.49. The van der Waals surface area contributed by atoms with Crippen molar-refractivity contribution in [3.8, 4) is 0 Å². The van der Waals surface area contributed by atoms with Crippen molar-refractivity contribution in [1.82, 2.24) is 10.2 Å². The third-order valence-electron chi connectivity index (χ3n) is 5.70. The minimum atomic E-state index is -1.34. The fourth-order valence-electron chi connectivity index (χ4n) is 4.50. The first-order chi connectivity index (χ1) is 12.5. The largest absolute Gasteiger partial charge is 0.383 e. The molecule has 4 amide bonds. The molecule has 2 saturated heterocycles. The highest BCUT2D eigenvalue weighted by atomic mass is 35.5. The molecule has 0 bridgehead atoms. The first-order valence-electron chi connectivity index (χ1n) is 8.71. The van der Waals surface area contributed by atoms with E-state index in [2.05, 4.69) is 10.2 Å². The summed E-state index contributed by atoms with van der Waals surface area (Å²) >= 11 is 6.41. The number of nitrogens with zero attached hydrogens (tertiary/aromatic N) is 2. The molecule has 138 valence electrons. The predicted octanol–water partition coefficient (Wildman–Crippen LogP) is 1.58. The average molecular weight is 378 g/mol. The van der Waals surface area contributed by atoms with Crippen molar-refractivity contribution in [2.75, 3.05) is 31.7 Å². The van der Waals surface area contributed by atoms with E-state index in [1.807, 2.05) is 12.1 Å². The van der Waals surface area contributed by atoms with Crippen LogP contribution >= 0.6 is 11.6 Å². The normalized spacial score (nSPS) is 27.6. The molecule has 8 heteroatoms. The van der Waals surface area contributed by atoms with Gasteiger partial charge in [0.05, 0.1) is 19.2 Å². The Bertz CT molecular complexity index is 799. The van der Waals surface area contributed by atoms with Crippen molar-refractivity contribution in [2.24, 2.45) is 5.41 Å². The van der Waals surface area contributed by atoms with Crippen LogP contribution in [0, 0.1) is 5.41 Å². The number of carbonyl (C=O) groups is 3. The second-order valence-electron chi connectivity index (χ2n) is 6.95. The van der Waals surface area contributed by atoms with Gasteiger partial charge in [-0.05, 0) is 30.5 Å². The van der Waals surface area contributed by atoms with Crippen LogP contribution in [-0.4, -0.2) is 55.6 Å². The molecule has 3 heterocycles. The lowest BCUT2D eigenvalue weighted by Crippen LogP contribution is -2.71. The van der Waals surface area contributed by atoms with E-state index in [4.69, 9.17) is 16.3 Å². The molecule has 2 unspecified atom stereocenters. The molecule has 0 saturated carbocycles. The number of barbiturate groups is 1. The summed E-state index contributed by atoms with van der Waals surface area (Å²) in [6.07, 6.45) is 1.80. The summed E-state index contributed by atoms with van der Waals surface area (Å²) in [5, 5.41) is 2.93. The Morgan fingerprint density at radius 1 is 1.35 bits per heavy atom. The zero-order chi connectivity index (χ0) is 18.5. The number of hydrogen-bond donors (Lipinski definition) is 1. The van der Waals surface area contributed by atoms with Gasteiger partial charge in [0.1, 0.15) is 0 Å². The van der Waals surface area contributed by atoms with E-state index in [1.165, 1.54) is 7.11 Å². The Kier molecular flexibility index (Phi) is 4.16. The number of urea groups is 1. The van der Waals surface area contributed by atoms with E-state index in [0.29, 0.717) is 5.02 Å². The van der Waals surface area contributed by atoms with Gasteiger partial charge in [-0.2, -0.15) is 0 Å². The molecule has 3 aliphatic rings. The molecular formula is C18H20ClN3O4. The number of fused-ring (bicyclic) bond motifs is 4. The van der Waals surface area contributed by atoms with Crippen molar-refractivity contribution in [3.63, 3.8) is 0 Å². The number of carbonyl (C=O) groups excluding carboxylic acids is 3. The van der Waals surface area contributed by atoms with Crippen LogP contribution in [0.1, 0.15) is 18.4 Å². The average Bonchev–Trinajstić information content (AvgIpc) is 3.11. The minimum absolute atomic E-state index is 0.109. The van der Waals surface area contributed by atoms with Gasteiger partial charge in [0.15, 0.2) is 5.41 Å². The molecule has 2 fully saturated rings. The number of imide groups is 2. The molecule has 0 aromatic heterocycles. The zero-order valence-corrected chi connectivity index (χ0v) is 15.2. The Morgan fingerprint density at radius 2 is 2.15 bits per heavy atom. The predicted molar refractivity (Wildman–Crippen MR) is 95.1 cm³/mol. The summed E-state index contributed by atoms with van der Waals surface area (Å²) in [6.45, 7) is 1.08. The van der Waals surface area contributed by atoms with Crippen molar-refractivity contribution in [2.45, 2.75) is 25.3 Å². The van der Waals surface area contributed by atoms with Crippen LogP contribution in [0.2, 0.25) is 5.02 Å². The number of anilines is 1. The number of ether oxygens (including phenoxy) is 1. The lowest BCUT2D eigenvalue weighted by Gasteiger charge is -2.49. The minimum Gasteiger partial charge on any atom is -0.383 e. The summed E-state index contributed by atoms with van der Waals surface area (Å²) in [7, 11) is 1.50. The second-order valence-corrected chi connectivity index (χ2v) is 7.35. The van der Waals surface area contributed by atoms with Gasteiger partial charge in [-0.3, -0.25) is 19.8 Å². The Hall–Kier alpha value is -2.12. The van der Waals surface area contributed by atoms with Gasteiger partial charge >= 0.3 is 6.03 Å². The maximum Gasteiger partial charge on any atom is 0.330 e. The number of halogens is 1. The van der Waals surface area contributed by atoms with Crippen LogP contribution < -0.4 is 10.2 Å². The van der Waals surface area contributed by atoms with Crippen LogP contribution in [0.3, 0.4) is 0 Å². The Balaban J connectivity index is 1.83. The zero-order valence-electron chi connectivity index (χ0n) is 14.5. The summed E-state index contributed by atoms with van der Waals surface area (Å²) in [5.41, 5.74) is 0.430. The van der Waals surface area contributed by atoms with Gasteiger partial charge in [-0.1, -0.05) is 17.7 Å². The molecular weight excluding hydrogens is 358 g/mol. The molecule has 4 rings (SSSR count). The van der Waals surface area contributed by atoms with Gasteiger partial charge < -0.3 is 9.64 Å². The third-order valence-corrected chi connectivity index (χ3v) is 6.05. The van der Waals surface area contributed by atoms with Gasteiger partial charge in [-0.15, -0.1) is 0 Å². The second kappa shape index (κ2) is 6.25. The van der Waals surface area contributed by atoms with Gasteiger partial charge in [-0.25, -0.2) is 4.79 Å². The van der Waals surface area contributed by atoms with Gasteiger partial charge in [0, 0.05) is 30.8 Å². The standard InChI is InChI=1S/C18H20ClN3O4/c1-26-9-8-22-16(24)18(15(23)20-17(22)25)10-11-12(19)4-2-5-13(11)21-7-3-6-14(18)21/h2,4-5,14H,3,6-10H2,1H3,(H,20,23,25). The van der Waals surface area contributed by atoms with Crippen molar-refractivity contribution in [3.05, 3.63) is 28.8 Å². The lowest BCUT2D eigenvalue weighted by atomic mass is 9.68. The number of methoxy groups -OCH3 is 1. The number of rotatable bonds is 3. The molecule has 3 aliphatic heterocycles. The van der Waals surface area contributed by atoms with Crippen LogP contribution in [0.15, 0.2) is 18.2 Å². The molecule has 0 aliphatic carbocycles. The number of benzene rings is 1. The molecule has 26 heavy (non-hydrogen) atoms. The Morgan fingerprint density at radius 3 is 2.92 bits per heavy atom. The first-order valence-corrected chi connectivity index (χ1v) is 9.09.